The van der Waals surface area contributed by atoms with Gasteiger partial charge in [0, 0.05) is 16.5 Å². The molecule has 0 radical (unpaired) electrons. The molecule has 1 aromatic rings. The molecular formula is C33H51NSi. The van der Waals surface area contributed by atoms with E-state index in [2.05, 4.69) is 110 Å². The molecule has 192 valence electrons. The minimum absolute atomic E-state index is 0.122. The Bertz CT molecular complexity index is 1030. The number of nitrogens with zero attached hydrogens (tertiary/aromatic N) is 1. The molecule has 0 aromatic heterocycles. The first-order valence-electron chi connectivity index (χ1n) is 14.6. The van der Waals surface area contributed by atoms with E-state index in [0.717, 1.165) is 17.4 Å². The lowest BCUT2D eigenvalue weighted by Crippen LogP contribution is -2.70. The number of hydrogen-bond donors (Lipinski definition) is 0. The summed E-state index contributed by atoms with van der Waals surface area (Å²) in [5.41, 5.74) is 7.60. The van der Waals surface area contributed by atoms with Crippen molar-refractivity contribution in [1.29, 1.82) is 0 Å². The molecule has 0 spiro atoms. The number of rotatable bonds is 2. The Morgan fingerprint density at radius 1 is 0.800 bits per heavy atom. The Hall–Kier alpha value is -1.12. The molecule has 0 amide bonds. The average molecular weight is 490 g/mol. The zero-order valence-corrected chi connectivity index (χ0v) is 25.3. The second-order valence-electron chi connectivity index (χ2n) is 15.1. The zero-order valence-electron chi connectivity index (χ0n) is 24.3. The molecule has 3 aliphatic carbocycles. The maximum atomic E-state index is 3.15. The third-order valence-corrected chi connectivity index (χ3v) is 17.4. The fraction of sp³-hybridized carbons (Fsp3) is 0.697. The number of allylic oxidation sites excluding steroid dienone is 4. The van der Waals surface area contributed by atoms with Crippen molar-refractivity contribution in [3.63, 3.8) is 0 Å². The van der Waals surface area contributed by atoms with E-state index in [4.69, 9.17) is 0 Å². The summed E-state index contributed by atoms with van der Waals surface area (Å²) in [5.74, 6) is 2.92. The van der Waals surface area contributed by atoms with Gasteiger partial charge in [-0.05, 0) is 105 Å². The maximum absolute atomic E-state index is 3.15. The minimum Gasteiger partial charge on any atom is -0.314 e. The van der Waals surface area contributed by atoms with Crippen molar-refractivity contribution in [3.05, 3.63) is 53.1 Å². The third kappa shape index (κ3) is 3.71. The Labute approximate surface area is 217 Å². The van der Waals surface area contributed by atoms with Gasteiger partial charge in [0.2, 0.25) is 0 Å². The van der Waals surface area contributed by atoms with E-state index in [1.807, 2.05) is 0 Å². The Balaban J connectivity index is 1.69. The van der Waals surface area contributed by atoms with Crippen LogP contribution in [0.5, 0.6) is 0 Å². The Morgan fingerprint density at radius 3 is 2.00 bits per heavy atom. The molecule has 1 aliphatic heterocycles. The molecule has 5 rings (SSSR count). The highest BCUT2D eigenvalue weighted by Gasteiger charge is 2.62. The van der Waals surface area contributed by atoms with E-state index in [9.17, 15) is 0 Å². The standard InChI is InChI=1S/C33H51NSi/c1-22-23(2)30(35(18-14-11-15-19-35)34(31(3,4)5)32(6,7)8)27-20-26-24-16-12-13-17-28(24)33(9,10)29(26)21-25(22)27/h12-13,16-17,20-23,25,27,30H,11,14-15,18-19H2,1-10H3. The van der Waals surface area contributed by atoms with Gasteiger partial charge in [0.25, 0.3) is 0 Å². The molecule has 5 unspecified atom stereocenters. The van der Waals surface area contributed by atoms with Crippen LogP contribution in [-0.2, 0) is 5.41 Å². The monoisotopic (exact) mass is 489 g/mol. The smallest absolute Gasteiger partial charge is 0.133 e. The Morgan fingerprint density at radius 2 is 1.40 bits per heavy atom. The van der Waals surface area contributed by atoms with Gasteiger partial charge in [-0.15, -0.1) is 0 Å². The second kappa shape index (κ2) is 8.19. The lowest BCUT2D eigenvalue weighted by atomic mass is 9.75. The minimum atomic E-state index is -1.77. The summed E-state index contributed by atoms with van der Waals surface area (Å²) >= 11 is 0. The fourth-order valence-corrected chi connectivity index (χ4v) is 18.3. The van der Waals surface area contributed by atoms with Crippen LogP contribution in [0, 0.1) is 23.7 Å². The van der Waals surface area contributed by atoms with E-state index >= 15 is 0 Å². The van der Waals surface area contributed by atoms with Gasteiger partial charge >= 0.3 is 0 Å². The van der Waals surface area contributed by atoms with Crippen LogP contribution >= 0.6 is 0 Å². The van der Waals surface area contributed by atoms with Gasteiger partial charge < -0.3 is 4.57 Å². The summed E-state index contributed by atoms with van der Waals surface area (Å²) in [4.78, 5) is 0. The van der Waals surface area contributed by atoms with E-state index < -0.39 is 8.24 Å². The highest BCUT2D eigenvalue weighted by Crippen LogP contribution is 2.64. The van der Waals surface area contributed by atoms with Crippen LogP contribution in [0.25, 0.3) is 5.57 Å². The number of benzene rings is 1. The van der Waals surface area contributed by atoms with Crippen molar-refractivity contribution in [2.45, 2.75) is 123 Å². The molecule has 0 bridgehead atoms. The molecular weight excluding hydrogens is 438 g/mol. The first kappa shape index (κ1) is 25.5. The molecule has 1 saturated heterocycles. The van der Waals surface area contributed by atoms with Crippen LogP contribution in [0.2, 0.25) is 17.6 Å². The van der Waals surface area contributed by atoms with E-state index in [0.29, 0.717) is 11.8 Å². The lowest BCUT2D eigenvalue weighted by Gasteiger charge is -2.61. The van der Waals surface area contributed by atoms with Gasteiger partial charge in [-0.2, -0.15) is 0 Å². The maximum Gasteiger partial charge on any atom is 0.133 e. The number of fused-ring (bicyclic) bond motifs is 4. The molecule has 1 heterocycles. The molecule has 0 N–H and O–H groups in total. The molecule has 35 heavy (non-hydrogen) atoms. The van der Waals surface area contributed by atoms with Crippen LogP contribution in [0.3, 0.4) is 0 Å². The molecule has 2 heteroatoms. The summed E-state index contributed by atoms with van der Waals surface area (Å²) in [7, 11) is -1.77. The van der Waals surface area contributed by atoms with Crippen LogP contribution in [0.1, 0.15) is 99.6 Å². The zero-order chi connectivity index (χ0) is 25.6. The molecule has 5 atom stereocenters. The van der Waals surface area contributed by atoms with Crippen molar-refractivity contribution in [3.8, 4) is 0 Å². The average Bonchev–Trinajstić information content (AvgIpc) is 3.13. The first-order chi connectivity index (χ1) is 16.2. The number of hydrogen-bond acceptors (Lipinski definition) is 1. The quantitative estimate of drug-likeness (QED) is 0.374. The summed E-state index contributed by atoms with van der Waals surface area (Å²) in [6, 6.07) is 12.3. The van der Waals surface area contributed by atoms with E-state index in [1.165, 1.54) is 42.5 Å². The SMILES string of the molecule is CC1C(C)C([Si]2(N(C(C)(C)C)C(C)(C)C)CCCCC2)C2C=C3C(=CC12)C(C)(C)c1ccccc13. The van der Waals surface area contributed by atoms with Crippen LogP contribution in [0.15, 0.2) is 42.0 Å². The van der Waals surface area contributed by atoms with Gasteiger partial charge in [0.05, 0.1) is 0 Å². The molecule has 1 saturated carbocycles. The van der Waals surface area contributed by atoms with E-state index in [-0.39, 0.29) is 16.5 Å². The van der Waals surface area contributed by atoms with Gasteiger partial charge in [-0.3, -0.25) is 0 Å². The Kier molecular flexibility index (Phi) is 5.97. The van der Waals surface area contributed by atoms with Gasteiger partial charge in [0.1, 0.15) is 8.24 Å². The van der Waals surface area contributed by atoms with Gasteiger partial charge in [0.15, 0.2) is 0 Å². The molecule has 4 aliphatic rings. The molecule has 2 fully saturated rings. The van der Waals surface area contributed by atoms with Crippen molar-refractivity contribution < 1.29 is 0 Å². The third-order valence-electron chi connectivity index (χ3n) is 10.6. The normalized spacial score (nSPS) is 33.6. The van der Waals surface area contributed by atoms with Crippen LogP contribution < -0.4 is 0 Å². The fourth-order valence-electron chi connectivity index (χ4n) is 9.91. The lowest BCUT2D eigenvalue weighted by molar-refractivity contribution is 0.115. The summed E-state index contributed by atoms with van der Waals surface area (Å²) < 4.78 is 3.15. The molecule has 1 nitrogen and oxygen atoms in total. The van der Waals surface area contributed by atoms with Crippen molar-refractivity contribution in [1.82, 2.24) is 4.57 Å². The van der Waals surface area contributed by atoms with Crippen LogP contribution in [-0.4, -0.2) is 23.9 Å². The van der Waals surface area contributed by atoms with Crippen molar-refractivity contribution >= 4 is 13.8 Å². The molecule has 1 aromatic carbocycles. The summed E-state index contributed by atoms with van der Waals surface area (Å²) in [6.07, 6.45) is 9.93. The highest BCUT2D eigenvalue weighted by atomic mass is 28.3. The van der Waals surface area contributed by atoms with Gasteiger partial charge in [-0.1, -0.05) is 83.4 Å². The largest absolute Gasteiger partial charge is 0.314 e. The predicted octanol–water partition coefficient (Wildman–Crippen LogP) is 9.22. The highest BCUT2D eigenvalue weighted by molar-refractivity contribution is 6.79. The first-order valence-corrected chi connectivity index (χ1v) is 17.0. The second-order valence-corrected chi connectivity index (χ2v) is 19.4. The van der Waals surface area contributed by atoms with Gasteiger partial charge in [-0.25, -0.2) is 0 Å². The predicted molar refractivity (Wildman–Crippen MR) is 155 cm³/mol. The van der Waals surface area contributed by atoms with Crippen molar-refractivity contribution in [2.24, 2.45) is 23.7 Å². The van der Waals surface area contributed by atoms with Crippen LogP contribution in [0.4, 0.5) is 0 Å². The summed E-state index contributed by atoms with van der Waals surface area (Å²) in [6.45, 7) is 25.2. The van der Waals surface area contributed by atoms with Crippen molar-refractivity contribution in [2.75, 3.05) is 0 Å². The summed E-state index contributed by atoms with van der Waals surface area (Å²) in [5, 5.41) is 0. The topological polar surface area (TPSA) is 3.24 Å². The van der Waals surface area contributed by atoms with E-state index in [1.54, 1.807) is 11.1 Å².